The van der Waals surface area contributed by atoms with Gasteiger partial charge in [0.1, 0.15) is 0 Å². The number of alkyl halides is 4. The fourth-order valence-corrected chi connectivity index (χ4v) is 2.75. The molecule has 0 fully saturated rings. The van der Waals surface area contributed by atoms with Crippen LogP contribution in [0.1, 0.15) is 0 Å². The minimum atomic E-state index is -2.27. The maximum atomic E-state index is 11.5. The molecule has 64 valence electrons. The molecule has 6 heteroatoms. The van der Waals surface area contributed by atoms with Crippen molar-refractivity contribution in [2.45, 2.75) is 30.6 Å². The molecule has 0 aromatic rings. The molecule has 0 unspecified atom stereocenters. The van der Waals surface area contributed by atoms with Crippen LogP contribution in [-0.2, 0) is 0 Å². The zero-order valence-electron chi connectivity index (χ0n) is 5.79. The van der Waals surface area contributed by atoms with Crippen LogP contribution in [0.25, 0.3) is 0 Å². The third kappa shape index (κ3) is 10.2. The van der Waals surface area contributed by atoms with E-state index < -0.39 is 12.9 Å². The fourth-order valence-electron chi connectivity index (χ4n) is 0.451. The summed E-state index contributed by atoms with van der Waals surface area (Å²) in [5.74, 6) is 0. The third-order valence-corrected chi connectivity index (χ3v) is 4.04. The van der Waals surface area contributed by atoms with E-state index in [4.69, 9.17) is 0 Å². The van der Waals surface area contributed by atoms with E-state index in [2.05, 4.69) is 0 Å². The Hall–Kier alpha value is 0.154. The molecule has 0 aliphatic carbocycles. The Kier molecular flexibility index (Phi) is 6.93. The highest BCUT2D eigenvalue weighted by atomic mass is 28.3. The summed E-state index contributed by atoms with van der Waals surface area (Å²) in [6.07, 6.45) is -4.55. The smallest absolute Gasteiger partial charge is 0.211 e. The number of hydrogen-bond donors (Lipinski definition) is 0. The molecule has 0 aromatic heterocycles. The fraction of sp³-hybridized carbons (Fsp3) is 1.00. The molecule has 0 saturated carbocycles. The molecule has 0 spiro atoms. The Morgan fingerprint density at radius 2 is 1.18 bits per heavy atom. The first-order chi connectivity index (χ1) is 5.13. The van der Waals surface area contributed by atoms with E-state index in [-0.39, 0.29) is 31.1 Å². The number of hydrogen-bond acceptors (Lipinski definition) is 0. The minimum absolute atomic E-state index is 0.129. The maximum Gasteiger partial charge on any atom is 0.235 e. The van der Waals surface area contributed by atoms with Crippen molar-refractivity contribution in [2.75, 3.05) is 0 Å². The first-order valence-corrected chi connectivity index (χ1v) is 5.93. The van der Waals surface area contributed by atoms with Gasteiger partial charge in [-0.2, -0.15) is 0 Å². The molecule has 0 amide bonds. The molecule has 0 rings (SSSR count). The Labute approximate surface area is 68.0 Å². The van der Waals surface area contributed by atoms with Crippen molar-refractivity contribution in [3.63, 3.8) is 0 Å². The molecular formula is C5H8F4Si2. The molecule has 11 heavy (non-hydrogen) atoms. The van der Waals surface area contributed by atoms with Crippen LogP contribution < -0.4 is 0 Å². The zero-order valence-corrected chi connectivity index (χ0v) is 7.79. The summed E-state index contributed by atoms with van der Waals surface area (Å²) in [5.41, 5.74) is 0.536. The summed E-state index contributed by atoms with van der Waals surface area (Å²) in [7, 11) is 0.282. The van der Waals surface area contributed by atoms with Crippen molar-refractivity contribution in [3.8, 4) is 0 Å². The van der Waals surface area contributed by atoms with Crippen LogP contribution in [0.3, 0.4) is 0 Å². The van der Waals surface area contributed by atoms with Gasteiger partial charge in [-0.05, 0) is 12.1 Å². The molecule has 0 saturated heterocycles. The lowest BCUT2D eigenvalue weighted by Gasteiger charge is -1.97. The average molecular weight is 200 g/mol. The normalized spacial score (nSPS) is 11.5. The van der Waals surface area contributed by atoms with Gasteiger partial charge in [0.05, 0.1) is 0 Å². The summed E-state index contributed by atoms with van der Waals surface area (Å²) in [4.78, 5) is 0. The molecule has 0 bridgehead atoms. The predicted molar refractivity (Wildman–Crippen MR) is 37.9 cm³/mol. The van der Waals surface area contributed by atoms with E-state index in [9.17, 15) is 17.6 Å². The van der Waals surface area contributed by atoms with Gasteiger partial charge in [0.15, 0.2) is 0 Å². The van der Waals surface area contributed by atoms with Gasteiger partial charge in [0.25, 0.3) is 0 Å². The van der Waals surface area contributed by atoms with Crippen molar-refractivity contribution in [3.05, 3.63) is 0 Å². The monoisotopic (exact) mass is 200 g/mol. The molecule has 0 aliphatic heterocycles. The predicted octanol–water partition coefficient (Wildman–Crippen LogP) is 2.14. The molecule has 0 heterocycles. The van der Waals surface area contributed by atoms with Gasteiger partial charge in [-0.3, -0.25) is 0 Å². The summed E-state index contributed by atoms with van der Waals surface area (Å²) in [5, 5.41) is 0. The Bertz CT molecular complexity index is 78.6. The maximum absolute atomic E-state index is 11.5. The second-order valence-electron chi connectivity index (χ2n) is 1.87. The largest absolute Gasteiger partial charge is 0.235 e. The Morgan fingerprint density at radius 3 is 1.45 bits per heavy atom. The van der Waals surface area contributed by atoms with Gasteiger partial charge in [0, 0.05) is 19.0 Å². The SMILES string of the molecule is FC(F)C[Si]C[Si]CC(F)F. The van der Waals surface area contributed by atoms with Crippen molar-refractivity contribution >= 4 is 19.0 Å². The Morgan fingerprint density at radius 1 is 0.818 bits per heavy atom. The second kappa shape index (κ2) is 6.84. The summed E-state index contributed by atoms with van der Waals surface area (Å²) in [6.45, 7) is 0. The Balaban J connectivity index is 2.91. The van der Waals surface area contributed by atoms with E-state index in [1.54, 1.807) is 0 Å². The summed E-state index contributed by atoms with van der Waals surface area (Å²) < 4.78 is 45.9. The van der Waals surface area contributed by atoms with Crippen LogP contribution in [0.4, 0.5) is 17.6 Å². The third-order valence-electron chi connectivity index (χ3n) is 0.847. The standard InChI is InChI=1S/C5H8F4Si2/c6-4(7)1-10-3-11-2-5(8)9/h4-5H,1-3H2. The van der Waals surface area contributed by atoms with Gasteiger partial charge < -0.3 is 0 Å². The van der Waals surface area contributed by atoms with Crippen molar-refractivity contribution in [1.29, 1.82) is 0 Å². The highest BCUT2D eigenvalue weighted by molar-refractivity contribution is 6.55. The van der Waals surface area contributed by atoms with Gasteiger partial charge >= 0.3 is 0 Å². The first kappa shape index (κ1) is 11.2. The highest BCUT2D eigenvalue weighted by Gasteiger charge is 2.05. The van der Waals surface area contributed by atoms with Crippen molar-refractivity contribution < 1.29 is 17.6 Å². The summed E-state index contributed by atoms with van der Waals surface area (Å²) in [6, 6.07) is -0.257. The van der Waals surface area contributed by atoms with Crippen molar-refractivity contribution in [1.82, 2.24) is 0 Å². The quantitative estimate of drug-likeness (QED) is 0.350. The highest BCUT2D eigenvalue weighted by Crippen LogP contribution is 2.03. The lowest BCUT2D eigenvalue weighted by Crippen LogP contribution is -2.04. The van der Waals surface area contributed by atoms with E-state index in [1.165, 1.54) is 0 Å². The van der Waals surface area contributed by atoms with Gasteiger partial charge in [-0.1, -0.05) is 5.67 Å². The van der Waals surface area contributed by atoms with Crippen molar-refractivity contribution in [2.24, 2.45) is 0 Å². The summed E-state index contributed by atoms with van der Waals surface area (Å²) >= 11 is 0. The van der Waals surface area contributed by atoms with Gasteiger partial charge in [-0.15, -0.1) is 0 Å². The molecule has 0 atom stereocenters. The van der Waals surface area contributed by atoms with Crippen LogP contribution in [0.2, 0.25) is 17.8 Å². The van der Waals surface area contributed by atoms with Crippen LogP contribution in [0, 0.1) is 0 Å². The van der Waals surface area contributed by atoms with Gasteiger partial charge in [0.2, 0.25) is 12.9 Å². The van der Waals surface area contributed by atoms with Gasteiger partial charge in [-0.25, -0.2) is 17.6 Å². The molecule has 4 radical (unpaired) electrons. The lowest BCUT2D eigenvalue weighted by atomic mass is 10.9. The zero-order chi connectivity index (χ0) is 8.69. The van der Waals surface area contributed by atoms with E-state index >= 15 is 0 Å². The second-order valence-corrected chi connectivity index (χ2v) is 5.10. The van der Waals surface area contributed by atoms with E-state index in [0.29, 0.717) is 5.67 Å². The molecule has 0 nitrogen and oxygen atoms in total. The van der Waals surface area contributed by atoms with Crippen LogP contribution in [0.15, 0.2) is 0 Å². The lowest BCUT2D eigenvalue weighted by molar-refractivity contribution is 0.171. The van der Waals surface area contributed by atoms with Crippen LogP contribution in [-0.4, -0.2) is 31.9 Å². The van der Waals surface area contributed by atoms with E-state index in [0.717, 1.165) is 0 Å². The molecule has 0 aliphatic rings. The topological polar surface area (TPSA) is 0 Å². The minimum Gasteiger partial charge on any atom is -0.211 e. The van der Waals surface area contributed by atoms with E-state index in [1.807, 2.05) is 0 Å². The number of rotatable bonds is 6. The molecule has 0 N–H and O–H groups in total. The average Bonchev–Trinajstić information content (AvgIpc) is 1.85. The van der Waals surface area contributed by atoms with Crippen LogP contribution >= 0.6 is 0 Å². The van der Waals surface area contributed by atoms with Crippen LogP contribution in [0.5, 0.6) is 0 Å². The molecular weight excluding hydrogens is 192 g/mol. The molecule has 0 aromatic carbocycles. The first-order valence-electron chi connectivity index (χ1n) is 3.10. The number of halogens is 4.